The number of benzene rings is 2. The van der Waals surface area contributed by atoms with Gasteiger partial charge in [0.1, 0.15) is 18.5 Å². The van der Waals surface area contributed by atoms with Crippen molar-refractivity contribution in [3.63, 3.8) is 0 Å². The Hall–Kier alpha value is -2.66. The summed E-state index contributed by atoms with van der Waals surface area (Å²) in [5.74, 6) is 0.525. The normalized spacial score (nSPS) is 12.1. The van der Waals surface area contributed by atoms with Crippen molar-refractivity contribution in [2.75, 3.05) is 31.3 Å². The summed E-state index contributed by atoms with van der Waals surface area (Å²) < 4.78 is 18.2. The highest BCUT2D eigenvalue weighted by Gasteiger charge is 2.10. The van der Waals surface area contributed by atoms with Crippen molar-refractivity contribution in [3.05, 3.63) is 54.6 Å². The molecular formula is C22H25FN2O2. The first-order valence-corrected chi connectivity index (χ1v) is 9.28. The Bertz CT molecular complexity index is 875. The van der Waals surface area contributed by atoms with Gasteiger partial charge in [-0.2, -0.15) is 0 Å². The van der Waals surface area contributed by atoms with Crippen molar-refractivity contribution in [2.45, 2.75) is 20.0 Å². The van der Waals surface area contributed by atoms with E-state index in [0.29, 0.717) is 5.75 Å². The van der Waals surface area contributed by atoms with Crippen molar-refractivity contribution < 1.29 is 14.2 Å². The van der Waals surface area contributed by atoms with Crippen molar-refractivity contribution in [3.8, 4) is 17.0 Å². The molecule has 0 bridgehead atoms. The molecule has 1 N–H and O–H groups in total. The van der Waals surface area contributed by atoms with E-state index in [1.54, 1.807) is 6.07 Å². The molecule has 2 aromatic carbocycles. The highest BCUT2D eigenvalue weighted by molar-refractivity contribution is 5.83. The Morgan fingerprint density at radius 3 is 2.41 bits per heavy atom. The third-order valence-corrected chi connectivity index (χ3v) is 4.63. The Kier molecular flexibility index (Phi) is 6.24. The lowest BCUT2D eigenvalue weighted by molar-refractivity contribution is 0.0933. The number of halogens is 1. The number of hydrogen-bond donors (Lipinski definition) is 1. The second-order valence-corrected chi connectivity index (χ2v) is 6.35. The molecule has 0 amide bonds. The van der Waals surface area contributed by atoms with Gasteiger partial charge in [0.25, 0.3) is 0 Å². The van der Waals surface area contributed by atoms with Gasteiger partial charge in [-0.05, 0) is 50.2 Å². The molecule has 5 heteroatoms. The molecule has 0 fully saturated rings. The van der Waals surface area contributed by atoms with Crippen LogP contribution in [0.2, 0.25) is 0 Å². The monoisotopic (exact) mass is 368 g/mol. The fourth-order valence-corrected chi connectivity index (χ4v) is 3.08. The van der Waals surface area contributed by atoms with E-state index in [9.17, 15) is 4.39 Å². The number of aromatic nitrogens is 1. The Morgan fingerprint density at radius 2 is 1.78 bits per heavy atom. The molecule has 3 rings (SSSR count). The summed E-state index contributed by atoms with van der Waals surface area (Å²) in [5.41, 5.74) is 4.01. The van der Waals surface area contributed by atoms with Gasteiger partial charge in [0, 0.05) is 29.7 Å². The number of ether oxygens (including phenoxy) is 1. The molecule has 0 saturated carbocycles. The average Bonchev–Trinajstić information content (AvgIpc) is 2.73. The summed E-state index contributed by atoms with van der Waals surface area (Å²) >= 11 is 0. The van der Waals surface area contributed by atoms with Gasteiger partial charge < -0.3 is 14.7 Å². The fourth-order valence-electron chi connectivity index (χ4n) is 3.08. The number of pyridine rings is 1. The lowest BCUT2D eigenvalue weighted by Crippen LogP contribution is -2.23. The number of aliphatic hydroxyl groups is 1. The molecular weight excluding hydrogens is 343 g/mol. The first-order valence-electron chi connectivity index (χ1n) is 9.28. The maximum atomic E-state index is 12.7. The third kappa shape index (κ3) is 4.37. The molecule has 0 radical (unpaired) electrons. The predicted octanol–water partition coefficient (Wildman–Crippen LogP) is 4.46. The van der Waals surface area contributed by atoms with Crippen molar-refractivity contribution >= 4 is 16.6 Å². The van der Waals surface area contributed by atoms with Crippen LogP contribution in [-0.2, 0) is 0 Å². The molecule has 0 aliphatic carbocycles. The largest absolute Gasteiger partial charge is 0.485 e. The molecule has 1 unspecified atom stereocenters. The van der Waals surface area contributed by atoms with Gasteiger partial charge in [0.2, 0.25) is 0 Å². The molecule has 3 aromatic rings. The van der Waals surface area contributed by atoms with Crippen LogP contribution in [0, 0.1) is 0 Å². The van der Waals surface area contributed by atoms with Gasteiger partial charge >= 0.3 is 0 Å². The van der Waals surface area contributed by atoms with E-state index in [1.165, 1.54) is 5.69 Å². The number of nitrogens with zero attached hydrogens (tertiary/aromatic N) is 2. The van der Waals surface area contributed by atoms with Crippen molar-refractivity contribution in [1.82, 2.24) is 4.98 Å². The van der Waals surface area contributed by atoms with Crippen LogP contribution in [0.4, 0.5) is 10.1 Å². The number of anilines is 1. The highest BCUT2D eigenvalue weighted by atomic mass is 19.1. The van der Waals surface area contributed by atoms with Crippen LogP contribution in [0.15, 0.2) is 54.6 Å². The zero-order chi connectivity index (χ0) is 19.2. The molecule has 0 spiro atoms. The molecule has 0 saturated heterocycles. The smallest absolute Gasteiger partial charge is 0.150 e. The van der Waals surface area contributed by atoms with Crippen molar-refractivity contribution in [1.29, 1.82) is 0 Å². The molecule has 1 heterocycles. The Labute approximate surface area is 159 Å². The van der Waals surface area contributed by atoms with Gasteiger partial charge in [0.05, 0.1) is 17.8 Å². The van der Waals surface area contributed by atoms with E-state index < -0.39 is 12.8 Å². The third-order valence-electron chi connectivity index (χ3n) is 4.63. The highest BCUT2D eigenvalue weighted by Crippen LogP contribution is 2.26. The summed E-state index contributed by atoms with van der Waals surface area (Å²) in [5, 5.41) is 9.98. The predicted molar refractivity (Wildman–Crippen MR) is 108 cm³/mol. The molecule has 1 aromatic heterocycles. The quantitative estimate of drug-likeness (QED) is 0.638. The topological polar surface area (TPSA) is 45.6 Å². The summed E-state index contributed by atoms with van der Waals surface area (Å²) in [6.07, 6.45) is -0.834. The van der Waals surface area contributed by atoms with Crippen LogP contribution in [0.5, 0.6) is 5.75 Å². The molecule has 0 aliphatic heterocycles. The first kappa shape index (κ1) is 19.1. The lowest BCUT2D eigenvalue weighted by atomic mass is 10.1. The van der Waals surface area contributed by atoms with Crippen LogP contribution < -0.4 is 9.64 Å². The van der Waals surface area contributed by atoms with Crippen LogP contribution in [0.3, 0.4) is 0 Å². The zero-order valence-corrected chi connectivity index (χ0v) is 15.7. The van der Waals surface area contributed by atoms with E-state index in [4.69, 9.17) is 14.8 Å². The summed E-state index contributed by atoms with van der Waals surface area (Å²) in [6.45, 7) is 5.18. The minimum atomic E-state index is -0.834. The second kappa shape index (κ2) is 8.82. The van der Waals surface area contributed by atoms with Gasteiger partial charge in [-0.3, -0.25) is 0 Å². The molecule has 4 nitrogen and oxygen atoms in total. The lowest BCUT2D eigenvalue weighted by Gasteiger charge is -2.21. The van der Waals surface area contributed by atoms with E-state index in [0.717, 1.165) is 35.2 Å². The van der Waals surface area contributed by atoms with E-state index in [2.05, 4.69) is 43.0 Å². The summed E-state index contributed by atoms with van der Waals surface area (Å²) in [6, 6.07) is 17.8. The standard InChI is InChI=1S/C22H25FN2O2/c1-3-25(4-2)18-8-5-16(6-9-18)21-11-7-17-13-19(10-12-22(17)24-21)27-20(14-23)15-26/h5-13,20,26H,3-4,14-15H2,1-2H3. The average molecular weight is 368 g/mol. The minimum Gasteiger partial charge on any atom is -0.485 e. The fraction of sp³-hybridized carbons (Fsp3) is 0.318. The van der Waals surface area contributed by atoms with E-state index in [-0.39, 0.29) is 6.61 Å². The van der Waals surface area contributed by atoms with Gasteiger partial charge in [-0.15, -0.1) is 0 Å². The van der Waals surface area contributed by atoms with E-state index >= 15 is 0 Å². The maximum absolute atomic E-state index is 12.7. The van der Waals surface area contributed by atoms with Crippen LogP contribution in [0.25, 0.3) is 22.2 Å². The first-order chi connectivity index (χ1) is 13.2. The number of rotatable bonds is 8. The molecule has 0 aliphatic rings. The molecule has 1 atom stereocenters. The van der Waals surface area contributed by atoms with Crippen molar-refractivity contribution in [2.24, 2.45) is 0 Å². The number of hydrogen-bond acceptors (Lipinski definition) is 4. The van der Waals surface area contributed by atoms with Gasteiger partial charge in [0.15, 0.2) is 0 Å². The number of alkyl halides is 1. The number of aliphatic hydroxyl groups excluding tert-OH is 1. The molecule has 27 heavy (non-hydrogen) atoms. The van der Waals surface area contributed by atoms with Crippen LogP contribution in [-0.4, -0.2) is 42.6 Å². The minimum absolute atomic E-state index is 0.352. The second-order valence-electron chi connectivity index (χ2n) is 6.35. The number of fused-ring (bicyclic) bond motifs is 1. The maximum Gasteiger partial charge on any atom is 0.150 e. The van der Waals surface area contributed by atoms with Crippen LogP contribution >= 0.6 is 0 Å². The van der Waals surface area contributed by atoms with Gasteiger partial charge in [-0.1, -0.05) is 18.2 Å². The SMILES string of the molecule is CCN(CC)c1ccc(-c2ccc3cc(OC(CO)CF)ccc3n2)cc1. The Morgan fingerprint density at radius 1 is 1.04 bits per heavy atom. The Balaban J connectivity index is 1.84. The zero-order valence-electron chi connectivity index (χ0n) is 15.7. The van der Waals surface area contributed by atoms with E-state index in [1.807, 2.05) is 24.3 Å². The van der Waals surface area contributed by atoms with Crippen LogP contribution in [0.1, 0.15) is 13.8 Å². The van der Waals surface area contributed by atoms with Gasteiger partial charge in [-0.25, -0.2) is 9.37 Å². The summed E-state index contributed by atoms with van der Waals surface area (Å²) in [4.78, 5) is 7.03. The molecule has 142 valence electrons. The summed E-state index contributed by atoms with van der Waals surface area (Å²) in [7, 11) is 0.